The van der Waals surface area contributed by atoms with Crippen molar-refractivity contribution in [1.29, 1.82) is 0 Å². The molecule has 0 saturated carbocycles. The predicted octanol–water partition coefficient (Wildman–Crippen LogP) is -3.95. The standard InChI is InChI=1S/C2H6NO2P.Na/c3-1-2-6(4)5;/h1-3H2;/q;+1. The third kappa shape index (κ3) is 10.9. The van der Waals surface area contributed by atoms with Crippen LogP contribution in [0.3, 0.4) is 0 Å². The molecule has 5 heteroatoms. The number of rotatable bonds is 2. The Hall–Kier alpha value is 1.02. The van der Waals surface area contributed by atoms with E-state index in [0.29, 0.717) is 0 Å². The van der Waals surface area contributed by atoms with E-state index >= 15 is 0 Å². The molecule has 0 bridgehead atoms. The van der Waals surface area contributed by atoms with Crippen LogP contribution in [0.15, 0.2) is 0 Å². The van der Waals surface area contributed by atoms with Gasteiger partial charge in [-0.15, -0.1) is 0 Å². The van der Waals surface area contributed by atoms with Crippen LogP contribution in [0.5, 0.6) is 0 Å². The van der Waals surface area contributed by atoms with E-state index in [0.717, 1.165) is 0 Å². The van der Waals surface area contributed by atoms with Crippen LogP contribution in [0.25, 0.3) is 0 Å². The summed E-state index contributed by atoms with van der Waals surface area (Å²) in [6.07, 6.45) is 0.106. The van der Waals surface area contributed by atoms with Crippen LogP contribution in [0.4, 0.5) is 0 Å². The second-order valence-electron chi connectivity index (χ2n) is 0.845. The summed E-state index contributed by atoms with van der Waals surface area (Å²) in [6, 6.07) is 0. The molecule has 0 aliphatic carbocycles. The van der Waals surface area contributed by atoms with Gasteiger partial charge in [0.2, 0.25) is 0 Å². The van der Waals surface area contributed by atoms with E-state index < -0.39 is 8.03 Å². The first kappa shape index (κ1) is 10.9. The molecule has 0 aromatic heterocycles. The zero-order valence-corrected chi connectivity index (χ0v) is 7.15. The summed E-state index contributed by atoms with van der Waals surface area (Å²) in [7, 11) is -2.23. The zero-order valence-electron chi connectivity index (χ0n) is 4.26. The molecule has 36 valence electrons. The van der Waals surface area contributed by atoms with E-state index in [2.05, 4.69) is 0 Å². The molecule has 0 rings (SSSR count). The summed E-state index contributed by atoms with van der Waals surface area (Å²) >= 11 is 0. The van der Waals surface area contributed by atoms with E-state index in [-0.39, 0.29) is 42.3 Å². The molecule has 3 nitrogen and oxygen atoms in total. The summed E-state index contributed by atoms with van der Waals surface area (Å²) in [5, 5.41) is 0. The van der Waals surface area contributed by atoms with Crippen LogP contribution < -0.4 is 40.2 Å². The Morgan fingerprint density at radius 2 is 2.14 bits per heavy atom. The smallest absolute Gasteiger partial charge is 0.596 e. The van der Waals surface area contributed by atoms with Crippen LogP contribution in [0.1, 0.15) is 0 Å². The fourth-order valence-electron chi connectivity index (χ4n) is 0.105. The second-order valence-corrected chi connectivity index (χ2v) is 1.96. The summed E-state index contributed by atoms with van der Waals surface area (Å²) in [5.74, 6) is 0. The van der Waals surface area contributed by atoms with Crippen molar-refractivity contribution in [1.82, 2.24) is 0 Å². The van der Waals surface area contributed by atoms with Gasteiger partial charge < -0.3 is 10.6 Å². The molecule has 0 radical (unpaired) electrons. The molecular weight excluding hydrogens is 124 g/mol. The fraction of sp³-hybridized carbons (Fsp3) is 1.00. The maximum absolute atomic E-state index is 9.56. The monoisotopic (exact) mass is 130 g/mol. The van der Waals surface area contributed by atoms with Crippen molar-refractivity contribution in [2.75, 3.05) is 12.7 Å². The average molecular weight is 130 g/mol. The van der Waals surface area contributed by atoms with Gasteiger partial charge >= 0.3 is 37.6 Å². The minimum Gasteiger partial charge on any atom is -0.596 e. The Morgan fingerprint density at radius 3 is 2.14 bits per heavy atom. The molecule has 0 aromatic rings. The second kappa shape index (κ2) is 7.02. The Labute approximate surface area is 65.4 Å². The Balaban J connectivity index is 0. The molecule has 0 heterocycles. The summed E-state index contributed by atoms with van der Waals surface area (Å²) < 4.78 is 9.56. The van der Waals surface area contributed by atoms with Gasteiger partial charge in [0.1, 0.15) is 0 Å². The van der Waals surface area contributed by atoms with Crippen molar-refractivity contribution in [3.05, 3.63) is 0 Å². The molecule has 0 fully saturated rings. The molecule has 1 atom stereocenters. The molecule has 1 unspecified atom stereocenters. The van der Waals surface area contributed by atoms with Gasteiger partial charge in [0.15, 0.2) is 6.16 Å². The first-order valence-electron chi connectivity index (χ1n) is 1.59. The SMILES string of the molecule is NCC[P+](=O)[O-].[Na+]. The van der Waals surface area contributed by atoms with E-state index in [1.165, 1.54) is 0 Å². The van der Waals surface area contributed by atoms with Crippen molar-refractivity contribution in [3.8, 4) is 0 Å². The van der Waals surface area contributed by atoms with E-state index in [1.807, 2.05) is 0 Å². The quantitative estimate of drug-likeness (QED) is 0.306. The van der Waals surface area contributed by atoms with Gasteiger partial charge in [0.25, 0.3) is 0 Å². The van der Waals surface area contributed by atoms with Gasteiger partial charge in [-0.3, -0.25) is 0 Å². The third-order valence-electron chi connectivity index (χ3n) is 0.312. The normalized spacial score (nSPS) is 9.71. The van der Waals surface area contributed by atoms with Crippen LogP contribution in [0, 0.1) is 0 Å². The molecule has 0 saturated heterocycles. The fourth-order valence-corrected chi connectivity index (χ4v) is 0.316. The topological polar surface area (TPSA) is 66.2 Å². The Kier molecular flexibility index (Phi) is 10.9. The number of hydrogen-bond acceptors (Lipinski definition) is 3. The van der Waals surface area contributed by atoms with Gasteiger partial charge in [0.05, 0.1) is 0 Å². The first-order chi connectivity index (χ1) is 2.77. The average Bonchev–Trinajstić information content (AvgIpc) is 1.35. The summed E-state index contributed by atoms with van der Waals surface area (Å²) in [4.78, 5) is 9.56. The number of hydrogen-bond donors (Lipinski definition) is 1. The van der Waals surface area contributed by atoms with Gasteiger partial charge in [-0.2, -0.15) is 0 Å². The summed E-state index contributed by atoms with van der Waals surface area (Å²) in [6.45, 7) is 0.235. The van der Waals surface area contributed by atoms with Crippen molar-refractivity contribution in [3.63, 3.8) is 0 Å². The molecule has 7 heavy (non-hydrogen) atoms. The maximum Gasteiger partial charge on any atom is 1.00 e. The largest absolute Gasteiger partial charge is 1.00 e. The zero-order chi connectivity index (χ0) is 4.99. The predicted molar refractivity (Wildman–Crippen MR) is 21.5 cm³/mol. The van der Waals surface area contributed by atoms with Gasteiger partial charge in [0, 0.05) is 6.54 Å². The van der Waals surface area contributed by atoms with E-state index in [4.69, 9.17) is 5.73 Å². The molecule has 2 N–H and O–H groups in total. The minimum atomic E-state index is -2.23. The van der Waals surface area contributed by atoms with Crippen LogP contribution in [-0.2, 0) is 4.57 Å². The van der Waals surface area contributed by atoms with Crippen molar-refractivity contribution in [2.24, 2.45) is 5.73 Å². The molecular formula is C2H6NNaO2P+. The van der Waals surface area contributed by atoms with Gasteiger partial charge in [-0.25, -0.2) is 0 Å². The van der Waals surface area contributed by atoms with Gasteiger partial charge in [-0.05, 0) is 0 Å². The Bertz CT molecular complexity index is 59.7. The van der Waals surface area contributed by atoms with Crippen LogP contribution >= 0.6 is 8.03 Å². The van der Waals surface area contributed by atoms with E-state index in [9.17, 15) is 9.46 Å². The first-order valence-corrected chi connectivity index (χ1v) is 2.95. The van der Waals surface area contributed by atoms with Crippen molar-refractivity contribution >= 4 is 8.03 Å². The van der Waals surface area contributed by atoms with Crippen LogP contribution in [0.2, 0.25) is 0 Å². The molecule has 0 aliphatic rings. The molecule has 0 aliphatic heterocycles. The minimum absolute atomic E-state index is 0. The molecule has 0 amide bonds. The van der Waals surface area contributed by atoms with E-state index in [1.54, 1.807) is 0 Å². The summed E-state index contributed by atoms with van der Waals surface area (Å²) in [5.41, 5.74) is 4.85. The third-order valence-corrected chi connectivity index (χ3v) is 0.935. The molecule has 0 spiro atoms. The maximum atomic E-state index is 9.56. The van der Waals surface area contributed by atoms with Gasteiger partial charge in [-0.1, -0.05) is 4.57 Å². The number of nitrogens with two attached hydrogens (primary N) is 1. The van der Waals surface area contributed by atoms with Crippen molar-refractivity contribution < 1.29 is 39.0 Å². The Morgan fingerprint density at radius 1 is 1.71 bits per heavy atom. The molecule has 0 aromatic carbocycles. The van der Waals surface area contributed by atoms with Crippen molar-refractivity contribution in [2.45, 2.75) is 0 Å². The van der Waals surface area contributed by atoms with Crippen LogP contribution in [-0.4, -0.2) is 12.7 Å².